The van der Waals surface area contributed by atoms with Crippen molar-refractivity contribution in [3.05, 3.63) is 68.9 Å². The number of aromatic nitrogens is 3. The van der Waals surface area contributed by atoms with Crippen molar-refractivity contribution in [3.63, 3.8) is 0 Å². The zero-order valence-corrected chi connectivity index (χ0v) is 12.5. The van der Waals surface area contributed by atoms with Crippen LogP contribution in [0.4, 0.5) is 0 Å². The number of H-pyrrole nitrogens is 1. The van der Waals surface area contributed by atoms with E-state index in [1.807, 2.05) is 12.1 Å². The molecule has 0 bridgehead atoms. The molecule has 0 radical (unpaired) electrons. The number of fused-ring (bicyclic) bond motifs is 1. The number of nitrogens with one attached hydrogen (secondary N) is 2. The Hall–Kier alpha value is -2.60. The molecule has 2 aromatic heterocycles. The van der Waals surface area contributed by atoms with Gasteiger partial charge in [0.15, 0.2) is 5.69 Å². The molecule has 0 saturated carbocycles. The quantitative estimate of drug-likeness (QED) is 0.774. The average Bonchev–Trinajstić information content (AvgIpc) is 2.89. The number of carbonyl (C=O) groups excluding carboxylic acids is 1. The first-order chi connectivity index (χ1) is 10.5. The lowest BCUT2D eigenvalue weighted by Crippen LogP contribution is -2.23. The summed E-state index contributed by atoms with van der Waals surface area (Å²) in [5, 5.41) is 7.49. The van der Waals surface area contributed by atoms with E-state index < -0.39 is 0 Å². The van der Waals surface area contributed by atoms with Crippen molar-refractivity contribution in [2.75, 3.05) is 0 Å². The van der Waals surface area contributed by atoms with Crippen LogP contribution in [0.25, 0.3) is 5.52 Å². The fraction of sp³-hybridized carbons (Fsp3) is 0.133. The first-order valence-corrected chi connectivity index (χ1v) is 7.03. The van der Waals surface area contributed by atoms with E-state index in [0.717, 1.165) is 5.56 Å². The molecule has 1 aromatic carbocycles. The minimum absolute atomic E-state index is 0.193. The van der Waals surface area contributed by atoms with Gasteiger partial charge in [-0.05, 0) is 24.6 Å². The molecule has 22 heavy (non-hydrogen) atoms. The maximum absolute atomic E-state index is 12.1. The molecule has 3 aromatic rings. The van der Waals surface area contributed by atoms with Crippen LogP contribution < -0.4 is 10.9 Å². The van der Waals surface area contributed by atoms with Crippen LogP contribution in [0, 0.1) is 6.92 Å². The Balaban J connectivity index is 1.80. The third-order valence-corrected chi connectivity index (χ3v) is 3.40. The Labute approximate surface area is 130 Å². The highest BCUT2D eigenvalue weighted by molar-refractivity contribution is 6.30. The molecule has 0 atom stereocenters. The number of aryl methyl sites for hydroxylation is 1. The van der Waals surface area contributed by atoms with Crippen molar-refractivity contribution in [3.8, 4) is 0 Å². The predicted molar refractivity (Wildman–Crippen MR) is 83.2 cm³/mol. The highest BCUT2D eigenvalue weighted by Crippen LogP contribution is 2.10. The molecule has 0 fully saturated rings. The molecule has 0 aliphatic carbocycles. The molecular formula is C15H13ClN4O2. The Bertz CT molecular complexity index is 913. The first kappa shape index (κ1) is 14.3. The number of nitrogens with zero attached hydrogens (tertiary/aromatic N) is 2. The number of rotatable bonds is 3. The van der Waals surface area contributed by atoms with Gasteiger partial charge >= 0.3 is 0 Å². The standard InChI is InChI=1S/C15H13ClN4O2/c1-9-8-20-13(15(22)18-9)6-12(19-20)14(21)17-7-10-3-2-4-11(16)5-10/h2-6,8H,7H2,1H3,(H,17,21)(H,18,22). The third kappa shape index (κ3) is 2.87. The largest absolute Gasteiger partial charge is 0.347 e. The molecule has 6 nitrogen and oxygen atoms in total. The van der Waals surface area contributed by atoms with Crippen molar-refractivity contribution in [2.24, 2.45) is 0 Å². The van der Waals surface area contributed by atoms with Crippen LogP contribution >= 0.6 is 11.6 Å². The van der Waals surface area contributed by atoms with Gasteiger partial charge in [0.2, 0.25) is 0 Å². The summed E-state index contributed by atoms with van der Waals surface area (Å²) in [6.45, 7) is 2.09. The van der Waals surface area contributed by atoms with Gasteiger partial charge in [0.05, 0.1) is 0 Å². The van der Waals surface area contributed by atoms with Crippen molar-refractivity contribution in [2.45, 2.75) is 13.5 Å². The highest BCUT2D eigenvalue weighted by Gasteiger charge is 2.12. The summed E-state index contributed by atoms with van der Waals surface area (Å²) in [7, 11) is 0. The number of benzene rings is 1. The maximum atomic E-state index is 12.1. The van der Waals surface area contributed by atoms with Gasteiger partial charge in [0.1, 0.15) is 5.52 Å². The second-order valence-electron chi connectivity index (χ2n) is 4.94. The van der Waals surface area contributed by atoms with Crippen molar-refractivity contribution < 1.29 is 4.79 Å². The first-order valence-electron chi connectivity index (χ1n) is 6.65. The lowest BCUT2D eigenvalue weighted by Gasteiger charge is -2.03. The minimum atomic E-state index is -0.347. The predicted octanol–water partition coefficient (Wildman–Crippen LogP) is 1.91. The lowest BCUT2D eigenvalue weighted by atomic mass is 10.2. The summed E-state index contributed by atoms with van der Waals surface area (Å²) in [5.74, 6) is -0.347. The van der Waals surface area contributed by atoms with Gasteiger partial charge in [-0.25, -0.2) is 4.52 Å². The summed E-state index contributed by atoms with van der Waals surface area (Å²) in [6.07, 6.45) is 1.66. The number of hydrogen-bond acceptors (Lipinski definition) is 3. The second kappa shape index (κ2) is 5.65. The molecule has 0 aliphatic rings. The van der Waals surface area contributed by atoms with Crippen LogP contribution in [0.5, 0.6) is 0 Å². The normalized spacial score (nSPS) is 10.8. The molecule has 3 rings (SSSR count). The Morgan fingerprint density at radius 2 is 2.23 bits per heavy atom. The third-order valence-electron chi connectivity index (χ3n) is 3.17. The van der Waals surface area contributed by atoms with E-state index in [1.54, 1.807) is 25.3 Å². The van der Waals surface area contributed by atoms with E-state index in [1.165, 1.54) is 10.6 Å². The summed E-state index contributed by atoms with van der Waals surface area (Å²) >= 11 is 5.90. The number of amides is 1. The fourth-order valence-electron chi connectivity index (χ4n) is 2.15. The number of hydrogen-bond donors (Lipinski definition) is 2. The zero-order valence-electron chi connectivity index (χ0n) is 11.8. The van der Waals surface area contributed by atoms with Gasteiger partial charge in [-0.1, -0.05) is 23.7 Å². The SMILES string of the molecule is Cc1cn2nc(C(=O)NCc3cccc(Cl)c3)cc2c(=O)[nH]1. The van der Waals surface area contributed by atoms with E-state index in [9.17, 15) is 9.59 Å². The Kier molecular flexibility index (Phi) is 3.68. The molecule has 0 spiro atoms. The molecule has 0 unspecified atom stereocenters. The number of carbonyl (C=O) groups is 1. The zero-order chi connectivity index (χ0) is 15.7. The summed E-state index contributed by atoms with van der Waals surface area (Å²) in [6, 6.07) is 8.69. The van der Waals surface area contributed by atoms with E-state index in [-0.39, 0.29) is 17.2 Å². The second-order valence-corrected chi connectivity index (χ2v) is 5.37. The van der Waals surface area contributed by atoms with E-state index in [0.29, 0.717) is 22.8 Å². The highest BCUT2D eigenvalue weighted by atomic mass is 35.5. The molecule has 0 aliphatic heterocycles. The summed E-state index contributed by atoms with van der Waals surface area (Å²) in [4.78, 5) is 26.6. The van der Waals surface area contributed by atoms with Crippen LogP contribution in [-0.2, 0) is 6.54 Å². The van der Waals surface area contributed by atoms with Crippen LogP contribution in [0.1, 0.15) is 21.7 Å². The molecule has 0 saturated heterocycles. The minimum Gasteiger partial charge on any atom is -0.347 e. The van der Waals surface area contributed by atoms with Crippen LogP contribution in [0.15, 0.2) is 41.3 Å². The number of aromatic amines is 1. The Morgan fingerprint density at radius 1 is 1.41 bits per heavy atom. The molecule has 1 amide bonds. The van der Waals surface area contributed by atoms with Gasteiger partial charge < -0.3 is 10.3 Å². The van der Waals surface area contributed by atoms with E-state index in [4.69, 9.17) is 11.6 Å². The molecule has 2 N–H and O–H groups in total. The van der Waals surface area contributed by atoms with Gasteiger partial charge in [-0.2, -0.15) is 5.10 Å². The smallest absolute Gasteiger partial charge is 0.274 e. The lowest BCUT2D eigenvalue weighted by molar-refractivity contribution is 0.0945. The van der Waals surface area contributed by atoms with Crippen molar-refractivity contribution >= 4 is 23.0 Å². The molecule has 2 heterocycles. The topological polar surface area (TPSA) is 79.3 Å². The summed E-state index contributed by atoms with van der Waals surface area (Å²) < 4.78 is 1.41. The van der Waals surface area contributed by atoms with Crippen molar-refractivity contribution in [1.29, 1.82) is 0 Å². The van der Waals surface area contributed by atoms with Crippen LogP contribution in [0.2, 0.25) is 5.02 Å². The molecule has 7 heteroatoms. The number of halogens is 1. The van der Waals surface area contributed by atoms with Crippen LogP contribution in [0.3, 0.4) is 0 Å². The monoisotopic (exact) mass is 316 g/mol. The average molecular weight is 317 g/mol. The Morgan fingerprint density at radius 3 is 3.00 bits per heavy atom. The molecular weight excluding hydrogens is 304 g/mol. The van der Waals surface area contributed by atoms with Crippen LogP contribution in [-0.4, -0.2) is 20.5 Å². The van der Waals surface area contributed by atoms with E-state index >= 15 is 0 Å². The molecule has 112 valence electrons. The maximum Gasteiger partial charge on any atom is 0.274 e. The van der Waals surface area contributed by atoms with Gasteiger partial charge in [0.25, 0.3) is 11.5 Å². The van der Waals surface area contributed by atoms with Gasteiger partial charge in [0, 0.05) is 29.5 Å². The van der Waals surface area contributed by atoms with Crippen molar-refractivity contribution in [1.82, 2.24) is 19.9 Å². The van der Waals surface area contributed by atoms with Gasteiger partial charge in [-0.15, -0.1) is 0 Å². The van der Waals surface area contributed by atoms with Gasteiger partial charge in [-0.3, -0.25) is 9.59 Å². The fourth-order valence-corrected chi connectivity index (χ4v) is 2.36. The van der Waals surface area contributed by atoms with E-state index in [2.05, 4.69) is 15.4 Å². The summed E-state index contributed by atoms with van der Waals surface area (Å²) in [5.41, 5.74) is 1.81.